The van der Waals surface area contributed by atoms with Crippen LogP contribution in [0, 0.1) is 0 Å². The lowest BCUT2D eigenvalue weighted by atomic mass is 10.0. The number of carboxylic acid groups (broad SMARTS) is 1. The Morgan fingerprint density at radius 1 is 1.15 bits per heavy atom. The largest absolute Gasteiger partial charge is 0.477 e. The number of nitrogens with zero attached hydrogens (tertiary/aromatic N) is 1. The van der Waals surface area contributed by atoms with Gasteiger partial charge in [-0.3, -0.25) is 4.79 Å². The molecule has 4 nitrogen and oxygen atoms in total. The van der Waals surface area contributed by atoms with E-state index < -0.39 is 29.1 Å². The molecule has 0 bridgehead atoms. The van der Waals surface area contributed by atoms with E-state index in [1.165, 1.54) is 19.0 Å². The standard InChI is InChI=1S/C13H12F3NO3/c1-17(2)7-10(12(19)20)11(18)8-3-5-9(6-4-8)13(14,15)16/h3-7H,1-2H3,(H,19,20). The van der Waals surface area contributed by atoms with Gasteiger partial charge in [-0.25, -0.2) is 4.79 Å². The van der Waals surface area contributed by atoms with Gasteiger partial charge in [0.1, 0.15) is 5.57 Å². The molecule has 20 heavy (non-hydrogen) atoms. The number of Topliss-reactive ketones (excluding diaryl/α,β-unsaturated/α-hetero) is 1. The topological polar surface area (TPSA) is 57.6 Å². The summed E-state index contributed by atoms with van der Waals surface area (Å²) < 4.78 is 37.1. The molecule has 0 aliphatic rings. The minimum Gasteiger partial charge on any atom is -0.477 e. The molecule has 0 radical (unpaired) electrons. The van der Waals surface area contributed by atoms with Gasteiger partial charge in [-0.15, -0.1) is 0 Å². The van der Waals surface area contributed by atoms with E-state index >= 15 is 0 Å². The van der Waals surface area contributed by atoms with Crippen molar-refractivity contribution in [1.82, 2.24) is 4.90 Å². The Kier molecular flexibility index (Phi) is 4.54. The summed E-state index contributed by atoms with van der Waals surface area (Å²) in [5.41, 5.74) is -1.54. The van der Waals surface area contributed by atoms with E-state index in [4.69, 9.17) is 5.11 Å². The third kappa shape index (κ3) is 3.84. The lowest BCUT2D eigenvalue weighted by molar-refractivity contribution is -0.137. The van der Waals surface area contributed by atoms with Crippen LogP contribution in [-0.4, -0.2) is 35.9 Å². The molecule has 0 fully saturated rings. The van der Waals surface area contributed by atoms with Crippen molar-refractivity contribution in [3.8, 4) is 0 Å². The van der Waals surface area contributed by atoms with Gasteiger partial charge in [-0.1, -0.05) is 12.1 Å². The highest BCUT2D eigenvalue weighted by molar-refractivity contribution is 6.23. The van der Waals surface area contributed by atoms with Gasteiger partial charge in [0.2, 0.25) is 5.78 Å². The molecular formula is C13H12F3NO3. The minimum absolute atomic E-state index is 0.117. The number of carboxylic acids is 1. The van der Waals surface area contributed by atoms with Crippen molar-refractivity contribution in [2.45, 2.75) is 6.18 Å². The van der Waals surface area contributed by atoms with Crippen LogP contribution in [-0.2, 0) is 11.0 Å². The average molecular weight is 287 g/mol. The Hall–Kier alpha value is -2.31. The van der Waals surface area contributed by atoms with Crippen LogP contribution in [0.15, 0.2) is 36.0 Å². The maximum atomic E-state index is 12.4. The molecule has 0 saturated heterocycles. The number of hydrogen-bond donors (Lipinski definition) is 1. The van der Waals surface area contributed by atoms with Crippen molar-refractivity contribution in [2.24, 2.45) is 0 Å². The lowest BCUT2D eigenvalue weighted by Gasteiger charge is -2.09. The van der Waals surface area contributed by atoms with E-state index in [0.717, 1.165) is 30.5 Å². The van der Waals surface area contributed by atoms with Gasteiger partial charge >= 0.3 is 12.1 Å². The molecule has 0 unspecified atom stereocenters. The maximum Gasteiger partial charge on any atom is 0.416 e. The summed E-state index contributed by atoms with van der Waals surface area (Å²) in [6.07, 6.45) is -3.40. The van der Waals surface area contributed by atoms with Crippen LogP contribution in [0.2, 0.25) is 0 Å². The second kappa shape index (κ2) is 5.77. The Balaban J connectivity index is 3.11. The van der Waals surface area contributed by atoms with Gasteiger partial charge < -0.3 is 10.0 Å². The molecule has 1 rings (SSSR count). The van der Waals surface area contributed by atoms with E-state index in [-0.39, 0.29) is 5.56 Å². The van der Waals surface area contributed by atoms with Gasteiger partial charge in [0.25, 0.3) is 0 Å². The number of rotatable bonds is 4. The molecule has 0 aliphatic heterocycles. The second-order valence-electron chi connectivity index (χ2n) is 4.22. The summed E-state index contributed by atoms with van der Waals surface area (Å²) in [6, 6.07) is 3.39. The first-order valence-electron chi connectivity index (χ1n) is 5.46. The zero-order chi connectivity index (χ0) is 15.5. The van der Waals surface area contributed by atoms with Crippen molar-refractivity contribution in [3.05, 3.63) is 47.2 Å². The molecule has 1 N–H and O–H groups in total. The molecular weight excluding hydrogens is 275 g/mol. The van der Waals surface area contributed by atoms with Crippen LogP contribution >= 0.6 is 0 Å². The number of benzene rings is 1. The zero-order valence-electron chi connectivity index (χ0n) is 10.7. The molecule has 0 saturated carbocycles. The number of ketones is 1. The van der Waals surface area contributed by atoms with Crippen LogP contribution < -0.4 is 0 Å². The molecule has 0 amide bonds. The summed E-state index contributed by atoms with van der Waals surface area (Å²) in [4.78, 5) is 24.3. The fourth-order valence-corrected chi connectivity index (χ4v) is 1.44. The molecule has 0 atom stereocenters. The van der Waals surface area contributed by atoms with Gasteiger partial charge in [0.05, 0.1) is 5.56 Å². The maximum absolute atomic E-state index is 12.4. The predicted octanol–water partition coefficient (Wildman–Crippen LogP) is 2.42. The summed E-state index contributed by atoms with van der Waals surface area (Å²) in [5, 5.41) is 8.94. The molecule has 1 aromatic rings. The number of halogens is 3. The minimum atomic E-state index is -4.50. The molecule has 0 aromatic heterocycles. The highest BCUT2D eigenvalue weighted by Crippen LogP contribution is 2.29. The van der Waals surface area contributed by atoms with Crippen molar-refractivity contribution in [1.29, 1.82) is 0 Å². The Morgan fingerprint density at radius 3 is 2.00 bits per heavy atom. The van der Waals surface area contributed by atoms with Crippen molar-refractivity contribution in [3.63, 3.8) is 0 Å². The lowest BCUT2D eigenvalue weighted by Crippen LogP contribution is -2.17. The van der Waals surface area contributed by atoms with Crippen LogP contribution in [0.25, 0.3) is 0 Å². The average Bonchev–Trinajstić information content (AvgIpc) is 2.33. The van der Waals surface area contributed by atoms with Gasteiger partial charge in [-0.2, -0.15) is 13.2 Å². The third-order valence-corrected chi connectivity index (χ3v) is 2.34. The second-order valence-corrected chi connectivity index (χ2v) is 4.22. The van der Waals surface area contributed by atoms with Crippen LogP contribution in [0.1, 0.15) is 15.9 Å². The quantitative estimate of drug-likeness (QED) is 0.400. The van der Waals surface area contributed by atoms with E-state index in [9.17, 15) is 22.8 Å². The Bertz CT molecular complexity index is 545. The van der Waals surface area contributed by atoms with Gasteiger partial charge in [0, 0.05) is 25.9 Å². The summed E-state index contributed by atoms with van der Waals surface area (Å²) in [5.74, 6) is -2.29. The first-order valence-corrected chi connectivity index (χ1v) is 5.46. The monoisotopic (exact) mass is 287 g/mol. The Morgan fingerprint density at radius 2 is 1.65 bits per heavy atom. The highest BCUT2D eigenvalue weighted by atomic mass is 19.4. The first-order chi connectivity index (χ1) is 9.12. The fourth-order valence-electron chi connectivity index (χ4n) is 1.44. The number of hydrogen-bond acceptors (Lipinski definition) is 3. The number of aliphatic carboxylic acids is 1. The van der Waals surface area contributed by atoms with Crippen LogP contribution in [0.3, 0.4) is 0 Å². The number of alkyl halides is 3. The molecule has 1 aromatic carbocycles. The number of carbonyl (C=O) groups excluding carboxylic acids is 1. The molecule has 7 heteroatoms. The fraction of sp³-hybridized carbons (Fsp3) is 0.231. The van der Waals surface area contributed by atoms with E-state index in [0.29, 0.717) is 0 Å². The summed E-state index contributed by atoms with van der Waals surface area (Å²) >= 11 is 0. The molecule has 0 heterocycles. The highest BCUT2D eigenvalue weighted by Gasteiger charge is 2.30. The summed E-state index contributed by atoms with van der Waals surface area (Å²) in [7, 11) is 3.06. The van der Waals surface area contributed by atoms with E-state index in [1.54, 1.807) is 0 Å². The van der Waals surface area contributed by atoms with Crippen molar-refractivity contribution in [2.75, 3.05) is 14.1 Å². The number of carbonyl (C=O) groups is 2. The van der Waals surface area contributed by atoms with Crippen LogP contribution in [0.4, 0.5) is 13.2 Å². The predicted molar refractivity (Wildman–Crippen MR) is 65.2 cm³/mol. The molecule has 0 spiro atoms. The first kappa shape index (κ1) is 15.7. The summed E-state index contributed by atoms with van der Waals surface area (Å²) in [6.45, 7) is 0. The van der Waals surface area contributed by atoms with E-state index in [2.05, 4.69) is 0 Å². The SMILES string of the molecule is CN(C)C=C(C(=O)O)C(=O)c1ccc(C(F)(F)F)cc1. The van der Waals surface area contributed by atoms with Gasteiger partial charge in [0.15, 0.2) is 0 Å². The zero-order valence-corrected chi connectivity index (χ0v) is 10.7. The molecule has 0 aliphatic carbocycles. The van der Waals surface area contributed by atoms with Crippen molar-refractivity contribution < 1.29 is 27.9 Å². The normalized spacial score (nSPS) is 12.2. The molecule has 108 valence electrons. The van der Waals surface area contributed by atoms with Crippen molar-refractivity contribution >= 4 is 11.8 Å². The smallest absolute Gasteiger partial charge is 0.416 e. The van der Waals surface area contributed by atoms with Gasteiger partial charge in [-0.05, 0) is 12.1 Å². The van der Waals surface area contributed by atoms with Crippen LogP contribution in [0.5, 0.6) is 0 Å². The third-order valence-electron chi connectivity index (χ3n) is 2.34. The van der Waals surface area contributed by atoms with E-state index in [1.807, 2.05) is 0 Å². The Labute approximate surface area is 113 Å².